The highest BCUT2D eigenvalue weighted by atomic mass is 16.2. The van der Waals surface area contributed by atoms with Gasteiger partial charge in [0.1, 0.15) is 0 Å². The van der Waals surface area contributed by atoms with E-state index in [4.69, 9.17) is 5.73 Å². The molecule has 1 saturated heterocycles. The van der Waals surface area contributed by atoms with Crippen molar-refractivity contribution in [1.29, 1.82) is 0 Å². The van der Waals surface area contributed by atoms with E-state index in [1.165, 1.54) is 0 Å². The van der Waals surface area contributed by atoms with E-state index in [1.807, 2.05) is 30.3 Å². The molecule has 2 rings (SSSR count). The number of nitrogens with zero attached hydrogens (tertiary/aromatic N) is 1. The number of rotatable bonds is 8. The van der Waals surface area contributed by atoms with Gasteiger partial charge in [0.15, 0.2) is 0 Å². The van der Waals surface area contributed by atoms with Crippen LogP contribution in [0.3, 0.4) is 0 Å². The van der Waals surface area contributed by atoms with E-state index >= 15 is 0 Å². The SMILES string of the molecule is NCCNC(=O)C1CCCN(C(=O)CCNC(=O)Cc2ccccc2)C1. The highest BCUT2D eigenvalue weighted by molar-refractivity contribution is 5.82. The van der Waals surface area contributed by atoms with Crippen LogP contribution in [0.25, 0.3) is 0 Å². The Bertz CT molecular complexity index is 606. The monoisotopic (exact) mass is 360 g/mol. The van der Waals surface area contributed by atoms with E-state index in [1.54, 1.807) is 4.90 Å². The summed E-state index contributed by atoms with van der Waals surface area (Å²) in [5, 5.41) is 5.57. The number of nitrogens with two attached hydrogens (primary N) is 1. The molecule has 0 bridgehead atoms. The highest BCUT2D eigenvalue weighted by Crippen LogP contribution is 2.17. The van der Waals surface area contributed by atoms with Gasteiger partial charge in [-0.2, -0.15) is 0 Å². The Kier molecular flexibility index (Phi) is 8.08. The second-order valence-corrected chi connectivity index (χ2v) is 6.52. The van der Waals surface area contributed by atoms with Crippen LogP contribution >= 0.6 is 0 Å². The third kappa shape index (κ3) is 6.48. The molecule has 1 atom stereocenters. The molecule has 0 saturated carbocycles. The van der Waals surface area contributed by atoms with Crippen molar-refractivity contribution < 1.29 is 14.4 Å². The van der Waals surface area contributed by atoms with Crippen LogP contribution in [0.4, 0.5) is 0 Å². The average molecular weight is 360 g/mol. The quantitative estimate of drug-likeness (QED) is 0.609. The van der Waals surface area contributed by atoms with E-state index in [0.29, 0.717) is 39.1 Å². The lowest BCUT2D eigenvalue weighted by Gasteiger charge is -2.32. The van der Waals surface area contributed by atoms with Gasteiger partial charge in [0, 0.05) is 39.1 Å². The fourth-order valence-electron chi connectivity index (χ4n) is 3.07. The van der Waals surface area contributed by atoms with Crippen molar-refractivity contribution in [2.45, 2.75) is 25.7 Å². The Morgan fingerprint density at radius 3 is 2.62 bits per heavy atom. The number of amides is 3. The summed E-state index contributed by atoms with van der Waals surface area (Å²) in [6, 6.07) is 9.48. The predicted octanol–water partition coefficient (Wildman–Crippen LogP) is 0.0489. The van der Waals surface area contributed by atoms with E-state index in [-0.39, 0.29) is 30.1 Å². The molecule has 0 aromatic heterocycles. The number of hydrogen-bond donors (Lipinski definition) is 3. The van der Waals surface area contributed by atoms with Crippen molar-refractivity contribution in [2.75, 3.05) is 32.7 Å². The van der Waals surface area contributed by atoms with Crippen LogP contribution in [0.1, 0.15) is 24.8 Å². The summed E-state index contributed by atoms with van der Waals surface area (Å²) in [6.07, 6.45) is 2.15. The normalized spacial score (nSPS) is 16.8. The molecule has 1 heterocycles. The molecule has 0 radical (unpaired) electrons. The first-order valence-corrected chi connectivity index (χ1v) is 9.16. The van der Waals surface area contributed by atoms with Gasteiger partial charge in [-0.3, -0.25) is 14.4 Å². The van der Waals surface area contributed by atoms with Crippen molar-refractivity contribution >= 4 is 17.7 Å². The van der Waals surface area contributed by atoms with Gasteiger partial charge in [-0.15, -0.1) is 0 Å². The fourth-order valence-corrected chi connectivity index (χ4v) is 3.07. The molecule has 0 aliphatic carbocycles. The predicted molar refractivity (Wildman–Crippen MR) is 99.1 cm³/mol. The molecular formula is C19H28N4O3. The Hall–Kier alpha value is -2.41. The summed E-state index contributed by atoms with van der Waals surface area (Å²) in [7, 11) is 0. The molecule has 26 heavy (non-hydrogen) atoms. The lowest BCUT2D eigenvalue weighted by atomic mass is 9.97. The Labute approximate surface area is 154 Å². The molecule has 0 spiro atoms. The van der Waals surface area contributed by atoms with Crippen LogP contribution in [-0.2, 0) is 20.8 Å². The molecular weight excluding hydrogens is 332 g/mol. The zero-order valence-corrected chi connectivity index (χ0v) is 15.1. The summed E-state index contributed by atoms with van der Waals surface area (Å²) >= 11 is 0. The molecule has 1 aliphatic rings. The van der Waals surface area contributed by atoms with Gasteiger partial charge >= 0.3 is 0 Å². The largest absolute Gasteiger partial charge is 0.355 e. The maximum absolute atomic E-state index is 12.3. The maximum Gasteiger partial charge on any atom is 0.224 e. The molecule has 1 aromatic rings. The van der Waals surface area contributed by atoms with E-state index in [2.05, 4.69) is 10.6 Å². The van der Waals surface area contributed by atoms with Crippen LogP contribution in [0.15, 0.2) is 30.3 Å². The van der Waals surface area contributed by atoms with Crippen molar-refractivity contribution in [3.05, 3.63) is 35.9 Å². The van der Waals surface area contributed by atoms with Gasteiger partial charge in [0.05, 0.1) is 12.3 Å². The Morgan fingerprint density at radius 2 is 1.88 bits per heavy atom. The standard InChI is InChI=1S/C19H28N4O3/c20-9-11-22-19(26)16-7-4-12-23(14-16)18(25)8-10-21-17(24)13-15-5-2-1-3-6-15/h1-3,5-6,16H,4,7-14,20H2,(H,21,24)(H,22,26). The van der Waals surface area contributed by atoms with Crippen molar-refractivity contribution in [3.8, 4) is 0 Å². The minimum atomic E-state index is -0.174. The topological polar surface area (TPSA) is 105 Å². The maximum atomic E-state index is 12.3. The lowest BCUT2D eigenvalue weighted by molar-refractivity contribution is -0.135. The van der Waals surface area contributed by atoms with Crippen LogP contribution < -0.4 is 16.4 Å². The molecule has 4 N–H and O–H groups in total. The number of piperidine rings is 1. The van der Waals surface area contributed by atoms with Gasteiger partial charge in [-0.1, -0.05) is 30.3 Å². The molecule has 7 heteroatoms. The zero-order chi connectivity index (χ0) is 18.8. The molecule has 7 nitrogen and oxygen atoms in total. The summed E-state index contributed by atoms with van der Waals surface area (Å²) in [5.41, 5.74) is 6.34. The summed E-state index contributed by atoms with van der Waals surface area (Å²) in [6.45, 7) is 2.27. The first-order valence-electron chi connectivity index (χ1n) is 9.16. The van der Waals surface area contributed by atoms with Gasteiger partial charge in [-0.25, -0.2) is 0 Å². The summed E-state index contributed by atoms with van der Waals surface area (Å²) in [4.78, 5) is 38.0. The van der Waals surface area contributed by atoms with Crippen LogP contribution in [0, 0.1) is 5.92 Å². The molecule has 1 aromatic carbocycles. The summed E-state index contributed by atoms with van der Waals surface area (Å²) in [5.74, 6) is -0.334. The van der Waals surface area contributed by atoms with Gasteiger partial charge in [-0.05, 0) is 18.4 Å². The van der Waals surface area contributed by atoms with Crippen molar-refractivity contribution in [2.24, 2.45) is 11.7 Å². The second kappa shape index (κ2) is 10.6. The minimum absolute atomic E-state index is 0.0265. The zero-order valence-electron chi connectivity index (χ0n) is 15.1. The lowest BCUT2D eigenvalue weighted by Crippen LogP contribution is -2.46. The third-order valence-corrected chi connectivity index (χ3v) is 4.46. The van der Waals surface area contributed by atoms with Crippen LogP contribution in [0.5, 0.6) is 0 Å². The number of hydrogen-bond acceptors (Lipinski definition) is 4. The Morgan fingerprint density at radius 1 is 1.12 bits per heavy atom. The highest BCUT2D eigenvalue weighted by Gasteiger charge is 2.27. The fraction of sp³-hybridized carbons (Fsp3) is 0.526. The van der Waals surface area contributed by atoms with Gasteiger partial charge in [0.25, 0.3) is 0 Å². The molecule has 1 fully saturated rings. The third-order valence-electron chi connectivity index (χ3n) is 4.46. The van der Waals surface area contributed by atoms with E-state index in [0.717, 1.165) is 18.4 Å². The number of carbonyl (C=O) groups is 3. The van der Waals surface area contributed by atoms with Crippen molar-refractivity contribution in [3.63, 3.8) is 0 Å². The molecule has 3 amide bonds. The van der Waals surface area contributed by atoms with Crippen molar-refractivity contribution in [1.82, 2.24) is 15.5 Å². The van der Waals surface area contributed by atoms with Gasteiger partial charge < -0.3 is 21.3 Å². The number of carbonyl (C=O) groups excluding carboxylic acids is 3. The number of likely N-dealkylation sites (tertiary alicyclic amines) is 1. The molecule has 142 valence electrons. The molecule has 1 aliphatic heterocycles. The van der Waals surface area contributed by atoms with Gasteiger partial charge in [0.2, 0.25) is 17.7 Å². The number of nitrogens with one attached hydrogen (secondary N) is 2. The molecule has 1 unspecified atom stereocenters. The summed E-state index contributed by atoms with van der Waals surface area (Å²) < 4.78 is 0. The smallest absolute Gasteiger partial charge is 0.224 e. The first-order chi connectivity index (χ1) is 12.6. The average Bonchev–Trinajstić information content (AvgIpc) is 2.66. The first kappa shape index (κ1) is 19.9. The number of benzene rings is 1. The van der Waals surface area contributed by atoms with E-state index in [9.17, 15) is 14.4 Å². The van der Waals surface area contributed by atoms with Crippen LogP contribution in [-0.4, -0.2) is 55.3 Å². The second-order valence-electron chi connectivity index (χ2n) is 6.52. The Balaban J connectivity index is 1.70. The minimum Gasteiger partial charge on any atom is -0.355 e. The van der Waals surface area contributed by atoms with Crippen LogP contribution in [0.2, 0.25) is 0 Å². The van der Waals surface area contributed by atoms with E-state index < -0.39 is 0 Å².